The summed E-state index contributed by atoms with van der Waals surface area (Å²) >= 11 is 0. The minimum absolute atomic E-state index is 0.187. The van der Waals surface area contributed by atoms with Crippen LogP contribution in [0.2, 0.25) is 0 Å². The molecule has 1 aliphatic rings. The van der Waals surface area contributed by atoms with Crippen molar-refractivity contribution in [1.82, 2.24) is 0 Å². The highest BCUT2D eigenvalue weighted by Gasteiger charge is 2.16. The molecule has 1 aromatic carbocycles. The highest BCUT2D eigenvalue weighted by atomic mass is 35.7. The van der Waals surface area contributed by atoms with Crippen LogP contribution in [0.4, 0.5) is 0 Å². The quantitative estimate of drug-likeness (QED) is 0.785. The first-order chi connectivity index (χ1) is 7.75. The fourth-order valence-corrected chi connectivity index (χ4v) is 2.29. The predicted octanol–water partition coefficient (Wildman–Crippen LogP) is 2.85. The van der Waals surface area contributed by atoms with Crippen molar-refractivity contribution in [2.24, 2.45) is 0 Å². The number of benzene rings is 1. The molecule has 0 spiro atoms. The van der Waals surface area contributed by atoms with Gasteiger partial charge in [-0.3, -0.25) is 0 Å². The molecular formula is C11H13ClO3S. The van der Waals surface area contributed by atoms with E-state index in [9.17, 15) is 4.55 Å². The molecule has 2 unspecified atom stereocenters. The third-order valence-electron chi connectivity index (χ3n) is 2.40. The Hall–Kier alpha value is -0.420. The van der Waals surface area contributed by atoms with Crippen LogP contribution in [-0.4, -0.2) is 17.4 Å². The number of rotatable bonds is 3. The molecule has 1 fully saturated rings. The zero-order valence-electron chi connectivity index (χ0n) is 8.73. The molecule has 0 saturated carbocycles. The summed E-state index contributed by atoms with van der Waals surface area (Å²) in [4.78, 5) is 0.551. The number of ether oxygens (including phenoxy) is 2. The SMILES string of the molecule is [O-][S+](Cl)c1cccc(OC2CCCCO2)c1. The van der Waals surface area contributed by atoms with Crippen molar-refractivity contribution in [1.29, 1.82) is 0 Å². The van der Waals surface area contributed by atoms with Crippen molar-refractivity contribution >= 4 is 21.1 Å². The molecule has 2 atom stereocenters. The van der Waals surface area contributed by atoms with E-state index in [1.807, 2.05) is 6.07 Å². The van der Waals surface area contributed by atoms with Crippen LogP contribution in [0.15, 0.2) is 29.2 Å². The van der Waals surface area contributed by atoms with Crippen LogP contribution in [0.5, 0.6) is 5.75 Å². The first kappa shape index (κ1) is 12.0. The smallest absolute Gasteiger partial charge is 0.199 e. The van der Waals surface area contributed by atoms with Crippen LogP contribution in [-0.2, 0) is 15.1 Å². The molecule has 5 heteroatoms. The first-order valence-electron chi connectivity index (χ1n) is 5.22. The predicted molar refractivity (Wildman–Crippen MR) is 62.9 cm³/mol. The summed E-state index contributed by atoms with van der Waals surface area (Å²) in [6.45, 7) is 0.742. The molecule has 0 aromatic heterocycles. The minimum Gasteiger partial charge on any atom is -0.594 e. The summed E-state index contributed by atoms with van der Waals surface area (Å²) in [5, 5.41) is 0. The number of hydrogen-bond acceptors (Lipinski definition) is 3. The minimum atomic E-state index is -1.49. The van der Waals surface area contributed by atoms with Crippen LogP contribution in [0.1, 0.15) is 19.3 Å². The van der Waals surface area contributed by atoms with E-state index in [2.05, 4.69) is 0 Å². The van der Waals surface area contributed by atoms with E-state index in [0.717, 1.165) is 25.9 Å². The summed E-state index contributed by atoms with van der Waals surface area (Å²) in [5.41, 5.74) is 0. The average molecular weight is 261 g/mol. The normalized spacial score (nSPS) is 22.8. The van der Waals surface area contributed by atoms with Crippen molar-refractivity contribution in [3.8, 4) is 5.75 Å². The van der Waals surface area contributed by atoms with Crippen molar-refractivity contribution < 1.29 is 14.0 Å². The van der Waals surface area contributed by atoms with E-state index in [4.69, 9.17) is 20.2 Å². The first-order valence-corrected chi connectivity index (χ1v) is 7.19. The third kappa shape index (κ3) is 3.28. The van der Waals surface area contributed by atoms with Crippen molar-refractivity contribution in [3.05, 3.63) is 24.3 Å². The van der Waals surface area contributed by atoms with Crippen molar-refractivity contribution in [2.45, 2.75) is 30.4 Å². The molecule has 0 amide bonds. The van der Waals surface area contributed by atoms with Gasteiger partial charge in [0.25, 0.3) is 0 Å². The van der Waals surface area contributed by atoms with Gasteiger partial charge in [0.15, 0.2) is 21.9 Å². The molecule has 1 aliphatic heterocycles. The highest BCUT2D eigenvalue weighted by Crippen LogP contribution is 2.23. The molecule has 16 heavy (non-hydrogen) atoms. The molecule has 1 heterocycles. The summed E-state index contributed by atoms with van der Waals surface area (Å²) in [6, 6.07) is 6.97. The summed E-state index contributed by atoms with van der Waals surface area (Å²) in [5.74, 6) is 0.651. The Morgan fingerprint density at radius 2 is 2.31 bits per heavy atom. The summed E-state index contributed by atoms with van der Waals surface area (Å²) in [7, 11) is 4.01. The van der Waals surface area contributed by atoms with Gasteiger partial charge >= 0.3 is 0 Å². The Morgan fingerprint density at radius 3 is 3.00 bits per heavy atom. The van der Waals surface area contributed by atoms with Gasteiger partial charge in [0, 0.05) is 12.5 Å². The summed E-state index contributed by atoms with van der Waals surface area (Å²) in [6.07, 6.45) is 2.92. The maximum absolute atomic E-state index is 11.1. The second-order valence-corrected chi connectivity index (χ2v) is 5.37. The molecule has 3 nitrogen and oxygen atoms in total. The standard InChI is InChI=1S/C11H13ClO3S/c12-16(13)10-5-3-4-9(8-10)15-11-6-1-2-7-14-11/h3-5,8,11H,1-2,6-7H2. The Bertz CT molecular complexity index is 340. The summed E-state index contributed by atoms with van der Waals surface area (Å²) < 4.78 is 22.2. The second kappa shape index (κ2) is 5.77. The number of hydrogen-bond donors (Lipinski definition) is 0. The monoisotopic (exact) mass is 260 g/mol. The van der Waals surface area contributed by atoms with E-state index in [1.165, 1.54) is 0 Å². The van der Waals surface area contributed by atoms with Gasteiger partial charge in [0.2, 0.25) is 0 Å². The lowest BCUT2D eigenvalue weighted by atomic mass is 10.2. The van der Waals surface area contributed by atoms with E-state index in [-0.39, 0.29) is 6.29 Å². The molecule has 1 aromatic rings. The van der Waals surface area contributed by atoms with Crippen LogP contribution < -0.4 is 4.74 Å². The van der Waals surface area contributed by atoms with Crippen molar-refractivity contribution in [2.75, 3.05) is 6.61 Å². The van der Waals surface area contributed by atoms with Crippen LogP contribution in [0, 0.1) is 0 Å². The zero-order valence-corrected chi connectivity index (χ0v) is 10.3. The Balaban J connectivity index is 2.00. The molecule has 1 saturated heterocycles. The van der Waals surface area contributed by atoms with Crippen molar-refractivity contribution in [3.63, 3.8) is 0 Å². The van der Waals surface area contributed by atoms with E-state index >= 15 is 0 Å². The fraction of sp³-hybridized carbons (Fsp3) is 0.455. The van der Waals surface area contributed by atoms with E-state index < -0.39 is 10.4 Å². The van der Waals surface area contributed by atoms with Crippen LogP contribution in [0.3, 0.4) is 0 Å². The Kier molecular flexibility index (Phi) is 4.35. The van der Waals surface area contributed by atoms with Gasteiger partial charge in [-0.15, -0.1) is 0 Å². The molecule has 88 valence electrons. The maximum Gasteiger partial charge on any atom is 0.199 e. The lowest BCUT2D eigenvalue weighted by Crippen LogP contribution is -2.24. The molecule has 2 rings (SSSR count). The van der Waals surface area contributed by atoms with Gasteiger partial charge in [-0.05, 0) is 25.0 Å². The highest BCUT2D eigenvalue weighted by molar-refractivity contribution is 8.13. The molecule has 0 aliphatic carbocycles. The topological polar surface area (TPSA) is 41.5 Å². The Labute approximate surface area is 102 Å². The van der Waals surface area contributed by atoms with Gasteiger partial charge in [-0.1, -0.05) is 6.07 Å². The van der Waals surface area contributed by atoms with Gasteiger partial charge in [0.1, 0.15) is 16.1 Å². The van der Waals surface area contributed by atoms with Crippen LogP contribution >= 0.6 is 10.7 Å². The second-order valence-electron chi connectivity index (χ2n) is 3.61. The molecule has 0 radical (unpaired) electrons. The lowest BCUT2D eigenvalue weighted by Gasteiger charge is -2.23. The Morgan fingerprint density at radius 1 is 1.44 bits per heavy atom. The van der Waals surface area contributed by atoms with Gasteiger partial charge in [-0.25, -0.2) is 0 Å². The lowest BCUT2D eigenvalue weighted by molar-refractivity contribution is -0.106. The number of halogens is 1. The largest absolute Gasteiger partial charge is 0.594 e. The third-order valence-corrected chi connectivity index (χ3v) is 3.56. The maximum atomic E-state index is 11.1. The molecule has 0 bridgehead atoms. The van der Waals surface area contributed by atoms with Crippen LogP contribution in [0.25, 0.3) is 0 Å². The van der Waals surface area contributed by atoms with Gasteiger partial charge < -0.3 is 14.0 Å². The van der Waals surface area contributed by atoms with Gasteiger partial charge in [-0.2, -0.15) is 0 Å². The molecule has 0 N–H and O–H groups in total. The van der Waals surface area contributed by atoms with Gasteiger partial charge in [0.05, 0.1) is 6.61 Å². The fourth-order valence-electron chi connectivity index (χ4n) is 1.60. The molecular weight excluding hydrogens is 248 g/mol. The van der Waals surface area contributed by atoms with E-state index in [0.29, 0.717) is 10.6 Å². The van der Waals surface area contributed by atoms with E-state index in [1.54, 1.807) is 18.2 Å². The zero-order chi connectivity index (χ0) is 11.4. The average Bonchev–Trinajstić information content (AvgIpc) is 2.30.